The van der Waals surface area contributed by atoms with E-state index in [2.05, 4.69) is 16.0 Å². The largest absolute Gasteiger partial charge is 0.493 e. The van der Waals surface area contributed by atoms with Gasteiger partial charge in [-0.25, -0.2) is 9.59 Å². The molecule has 3 N–H and O–H groups in total. The molecule has 8 heteroatoms. The van der Waals surface area contributed by atoms with E-state index in [1.54, 1.807) is 19.1 Å². The predicted octanol–water partition coefficient (Wildman–Crippen LogP) is 2.43. The fraction of sp³-hybridized carbons (Fsp3) is 0.600. The van der Waals surface area contributed by atoms with Gasteiger partial charge in [-0.15, -0.1) is 0 Å². The van der Waals surface area contributed by atoms with Gasteiger partial charge in [0.25, 0.3) is 0 Å². The summed E-state index contributed by atoms with van der Waals surface area (Å²) in [6.45, 7) is 9.07. The zero-order valence-corrected chi connectivity index (χ0v) is 17.6. The van der Waals surface area contributed by atoms with Crippen molar-refractivity contribution in [3.63, 3.8) is 0 Å². The number of urea groups is 2. The number of hydrogen-bond donors (Lipinski definition) is 3. The number of hydrogen-bond acceptors (Lipinski definition) is 4. The molecule has 0 radical (unpaired) electrons. The molecule has 0 fully saturated rings. The van der Waals surface area contributed by atoms with Crippen LogP contribution >= 0.6 is 0 Å². The van der Waals surface area contributed by atoms with E-state index in [1.165, 1.54) is 0 Å². The number of carbonyl (C=O) groups excluding carboxylic acids is 2. The Bertz CT molecular complexity index is 715. The molecule has 0 saturated heterocycles. The summed E-state index contributed by atoms with van der Waals surface area (Å²) in [5.41, 5.74) is 1.68. The Morgan fingerprint density at radius 2 is 1.79 bits per heavy atom. The zero-order chi connectivity index (χ0) is 20.9. The quantitative estimate of drug-likeness (QED) is 0.718. The molecule has 1 aliphatic heterocycles. The van der Waals surface area contributed by atoms with E-state index in [4.69, 9.17) is 9.47 Å². The summed E-state index contributed by atoms with van der Waals surface area (Å²) in [5, 5.41) is 8.60. The zero-order valence-electron chi connectivity index (χ0n) is 17.6. The van der Waals surface area contributed by atoms with E-state index < -0.39 is 0 Å². The standard InChI is InChI=1S/C20H32N4O4/c1-7-21-18(25)22-12-15-14-11-17(28-6)16(27-5)10-13(14)8-9-24(15)19(26)23-20(2,3)4/h10-11,15H,7-9,12H2,1-6H3,(H,23,26)(H2,21,22,25). The van der Waals surface area contributed by atoms with Crippen LogP contribution in [0, 0.1) is 0 Å². The lowest BCUT2D eigenvalue weighted by Gasteiger charge is -2.39. The molecule has 2 rings (SSSR count). The molecule has 1 heterocycles. The van der Waals surface area contributed by atoms with Crippen LogP contribution in [-0.4, -0.2) is 56.4 Å². The molecule has 0 spiro atoms. The van der Waals surface area contributed by atoms with Crippen molar-refractivity contribution in [2.24, 2.45) is 0 Å². The molecule has 28 heavy (non-hydrogen) atoms. The number of rotatable bonds is 5. The van der Waals surface area contributed by atoms with Crippen molar-refractivity contribution in [2.75, 3.05) is 33.9 Å². The van der Waals surface area contributed by atoms with Crippen molar-refractivity contribution >= 4 is 12.1 Å². The summed E-state index contributed by atoms with van der Waals surface area (Å²) in [6.07, 6.45) is 0.699. The van der Waals surface area contributed by atoms with Gasteiger partial charge in [-0.3, -0.25) is 0 Å². The molecule has 1 atom stereocenters. The smallest absolute Gasteiger partial charge is 0.318 e. The van der Waals surface area contributed by atoms with Crippen molar-refractivity contribution in [1.29, 1.82) is 0 Å². The van der Waals surface area contributed by atoms with Gasteiger partial charge in [-0.1, -0.05) is 0 Å². The number of ether oxygens (including phenoxy) is 2. The summed E-state index contributed by atoms with van der Waals surface area (Å²) in [7, 11) is 3.18. The van der Waals surface area contributed by atoms with E-state index in [0.717, 1.165) is 11.1 Å². The van der Waals surface area contributed by atoms with E-state index in [9.17, 15) is 9.59 Å². The molecule has 1 aromatic carbocycles. The van der Waals surface area contributed by atoms with Crippen LogP contribution < -0.4 is 25.4 Å². The Morgan fingerprint density at radius 1 is 1.14 bits per heavy atom. The lowest BCUT2D eigenvalue weighted by Crippen LogP contribution is -2.53. The molecule has 0 bridgehead atoms. The van der Waals surface area contributed by atoms with Crippen LogP contribution in [0.2, 0.25) is 0 Å². The minimum Gasteiger partial charge on any atom is -0.493 e. The van der Waals surface area contributed by atoms with E-state index in [-0.39, 0.29) is 23.6 Å². The van der Waals surface area contributed by atoms with Crippen molar-refractivity contribution < 1.29 is 19.1 Å². The van der Waals surface area contributed by atoms with Gasteiger partial charge < -0.3 is 30.3 Å². The monoisotopic (exact) mass is 392 g/mol. The van der Waals surface area contributed by atoms with Crippen LogP contribution in [0.25, 0.3) is 0 Å². The Kier molecular flexibility index (Phi) is 6.99. The molecular weight excluding hydrogens is 360 g/mol. The molecule has 156 valence electrons. The van der Waals surface area contributed by atoms with Crippen molar-refractivity contribution in [3.05, 3.63) is 23.3 Å². The third-order valence-electron chi connectivity index (χ3n) is 4.54. The lowest BCUT2D eigenvalue weighted by molar-refractivity contribution is 0.159. The molecule has 0 aliphatic carbocycles. The maximum absolute atomic E-state index is 12.9. The third-order valence-corrected chi connectivity index (χ3v) is 4.54. The number of fused-ring (bicyclic) bond motifs is 1. The van der Waals surface area contributed by atoms with Crippen LogP contribution in [0.1, 0.15) is 44.9 Å². The Hall–Kier alpha value is -2.64. The number of nitrogens with zero attached hydrogens (tertiary/aromatic N) is 1. The van der Waals surface area contributed by atoms with E-state index in [1.807, 2.05) is 39.8 Å². The van der Waals surface area contributed by atoms with Crippen LogP contribution in [0.5, 0.6) is 11.5 Å². The average molecular weight is 393 g/mol. The Morgan fingerprint density at radius 3 is 2.36 bits per heavy atom. The number of amides is 4. The minimum atomic E-state index is -0.355. The SMILES string of the molecule is CCNC(=O)NCC1c2cc(OC)c(OC)cc2CCN1C(=O)NC(C)(C)C. The highest BCUT2D eigenvalue weighted by atomic mass is 16.5. The first kappa shape index (κ1) is 21.7. The molecule has 0 saturated carbocycles. The van der Waals surface area contributed by atoms with Gasteiger partial charge in [0.1, 0.15) is 0 Å². The molecule has 1 aromatic rings. The number of methoxy groups -OCH3 is 2. The molecule has 4 amide bonds. The molecule has 1 unspecified atom stereocenters. The van der Waals surface area contributed by atoms with Gasteiger partial charge in [0, 0.05) is 25.2 Å². The van der Waals surface area contributed by atoms with Gasteiger partial charge in [-0.05, 0) is 57.4 Å². The van der Waals surface area contributed by atoms with Gasteiger partial charge in [0.05, 0.1) is 20.3 Å². The average Bonchev–Trinajstić information content (AvgIpc) is 2.63. The van der Waals surface area contributed by atoms with Crippen molar-refractivity contribution in [3.8, 4) is 11.5 Å². The topological polar surface area (TPSA) is 91.9 Å². The van der Waals surface area contributed by atoms with Crippen molar-refractivity contribution in [2.45, 2.75) is 45.7 Å². The second kappa shape index (κ2) is 9.03. The van der Waals surface area contributed by atoms with Crippen molar-refractivity contribution in [1.82, 2.24) is 20.9 Å². The van der Waals surface area contributed by atoms with Crippen LogP contribution in [-0.2, 0) is 6.42 Å². The van der Waals surface area contributed by atoms with E-state index in [0.29, 0.717) is 37.6 Å². The summed E-state index contributed by atoms with van der Waals surface area (Å²) >= 11 is 0. The highest BCUT2D eigenvalue weighted by molar-refractivity contribution is 5.77. The summed E-state index contributed by atoms with van der Waals surface area (Å²) in [4.78, 5) is 26.6. The van der Waals surface area contributed by atoms with Gasteiger partial charge in [0.15, 0.2) is 11.5 Å². The first-order valence-corrected chi connectivity index (χ1v) is 9.55. The second-order valence-electron chi connectivity index (χ2n) is 7.79. The maximum atomic E-state index is 12.9. The van der Waals surface area contributed by atoms with Gasteiger partial charge >= 0.3 is 12.1 Å². The normalized spacial score (nSPS) is 16.1. The van der Waals surface area contributed by atoms with Crippen LogP contribution in [0.3, 0.4) is 0 Å². The second-order valence-corrected chi connectivity index (χ2v) is 7.79. The minimum absolute atomic E-state index is 0.157. The number of carbonyl (C=O) groups is 2. The lowest BCUT2D eigenvalue weighted by atomic mass is 9.91. The number of benzene rings is 1. The molecule has 8 nitrogen and oxygen atoms in total. The third kappa shape index (κ3) is 5.21. The molecule has 1 aliphatic rings. The fourth-order valence-electron chi connectivity index (χ4n) is 3.30. The Balaban J connectivity index is 2.37. The first-order chi connectivity index (χ1) is 13.2. The molecular formula is C20H32N4O4. The first-order valence-electron chi connectivity index (χ1n) is 9.55. The fourth-order valence-corrected chi connectivity index (χ4v) is 3.30. The van der Waals surface area contributed by atoms with E-state index >= 15 is 0 Å². The van der Waals surface area contributed by atoms with Gasteiger partial charge in [-0.2, -0.15) is 0 Å². The predicted molar refractivity (Wildman–Crippen MR) is 108 cm³/mol. The Labute approximate surface area is 166 Å². The highest BCUT2D eigenvalue weighted by Gasteiger charge is 2.33. The summed E-state index contributed by atoms with van der Waals surface area (Å²) < 4.78 is 10.9. The summed E-state index contributed by atoms with van der Waals surface area (Å²) in [6, 6.07) is 3.12. The number of nitrogens with one attached hydrogen (secondary N) is 3. The molecule has 0 aromatic heterocycles. The highest BCUT2D eigenvalue weighted by Crippen LogP contribution is 2.38. The van der Waals surface area contributed by atoms with Crippen LogP contribution in [0.15, 0.2) is 12.1 Å². The van der Waals surface area contributed by atoms with Crippen LogP contribution in [0.4, 0.5) is 9.59 Å². The maximum Gasteiger partial charge on any atom is 0.318 e. The van der Waals surface area contributed by atoms with Gasteiger partial charge in [0.2, 0.25) is 0 Å². The summed E-state index contributed by atoms with van der Waals surface area (Å²) in [5.74, 6) is 1.26.